The second kappa shape index (κ2) is 6.28. The van der Waals surface area contributed by atoms with Gasteiger partial charge in [-0.2, -0.15) is 0 Å². The van der Waals surface area contributed by atoms with Crippen LogP contribution in [-0.4, -0.2) is 25.2 Å². The number of aromatic nitrogens is 3. The monoisotopic (exact) mass is 389 g/mol. The zero-order chi connectivity index (χ0) is 18.3. The highest BCUT2D eigenvalue weighted by atomic mass is 32.1. The van der Waals surface area contributed by atoms with E-state index in [9.17, 15) is 19.3 Å². The fourth-order valence-corrected chi connectivity index (χ4v) is 3.76. The molecule has 0 atom stereocenters. The van der Waals surface area contributed by atoms with Crippen LogP contribution in [0.1, 0.15) is 10.5 Å². The number of thiazole rings is 2. The zero-order valence-corrected chi connectivity index (χ0v) is 14.4. The van der Waals surface area contributed by atoms with Crippen molar-refractivity contribution in [3.63, 3.8) is 0 Å². The molecule has 3 heterocycles. The topological polar surface area (TPSA) is 102 Å². The molecule has 130 valence electrons. The molecule has 3 aromatic heterocycles. The van der Waals surface area contributed by atoms with E-state index in [4.69, 9.17) is 0 Å². The third kappa shape index (κ3) is 2.93. The number of benzene rings is 1. The Morgan fingerprint density at radius 3 is 2.77 bits per heavy atom. The molecule has 1 amide bonds. The van der Waals surface area contributed by atoms with Gasteiger partial charge in [-0.3, -0.25) is 24.6 Å². The number of hydrogen-bond donors (Lipinski definition) is 1. The molecule has 8 nitrogen and oxygen atoms in total. The van der Waals surface area contributed by atoms with Gasteiger partial charge in [0.05, 0.1) is 10.6 Å². The third-order valence-corrected chi connectivity index (χ3v) is 5.18. The van der Waals surface area contributed by atoms with Gasteiger partial charge in [-0.05, 0) is 35.6 Å². The summed E-state index contributed by atoms with van der Waals surface area (Å²) in [5.74, 6) is -0.795. The van der Waals surface area contributed by atoms with Crippen molar-refractivity contribution in [3.8, 4) is 11.3 Å². The first-order valence-electron chi connectivity index (χ1n) is 7.15. The molecule has 0 aliphatic heterocycles. The third-order valence-electron chi connectivity index (χ3n) is 3.48. The van der Waals surface area contributed by atoms with Crippen molar-refractivity contribution in [2.45, 2.75) is 0 Å². The van der Waals surface area contributed by atoms with Crippen LogP contribution in [-0.2, 0) is 0 Å². The summed E-state index contributed by atoms with van der Waals surface area (Å²) in [4.78, 5) is 31.4. The largest absolute Gasteiger partial charge is 0.345 e. The van der Waals surface area contributed by atoms with Gasteiger partial charge in [0.25, 0.3) is 5.91 Å². The van der Waals surface area contributed by atoms with Gasteiger partial charge in [0.2, 0.25) is 0 Å². The van der Waals surface area contributed by atoms with E-state index in [-0.39, 0.29) is 15.9 Å². The van der Waals surface area contributed by atoms with Crippen LogP contribution in [0.25, 0.3) is 16.2 Å². The molecule has 4 aromatic rings. The van der Waals surface area contributed by atoms with Crippen LogP contribution >= 0.6 is 22.7 Å². The molecule has 0 fully saturated rings. The van der Waals surface area contributed by atoms with Gasteiger partial charge in [0, 0.05) is 17.1 Å². The van der Waals surface area contributed by atoms with Crippen molar-refractivity contribution in [2.24, 2.45) is 0 Å². The molecule has 0 unspecified atom stereocenters. The van der Waals surface area contributed by atoms with Crippen molar-refractivity contribution >= 4 is 43.7 Å². The number of nitrogens with zero attached hydrogens (tertiary/aromatic N) is 4. The molecule has 0 bridgehead atoms. The van der Waals surface area contributed by atoms with Crippen molar-refractivity contribution in [2.75, 3.05) is 5.32 Å². The molecule has 11 heteroatoms. The molecule has 26 heavy (non-hydrogen) atoms. The molecular formula is C15H8FN5O3S2. The number of rotatable bonds is 4. The van der Waals surface area contributed by atoms with Crippen LogP contribution in [0.15, 0.2) is 42.0 Å². The predicted molar refractivity (Wildman–Crippen MR) is 95.2 cm³/mol. The molecule has 1 aromatic carbocycles. The summed E-state index contributed by atoms with van der Waals surface area (Å²) in [6.45, 7) is 0. The van der Waals surface area contributed by atoms with E-state index in [1.807, 2.05) is 0 Å². The summed E-state index contributed by atoms with van der Waals surface area (Å²) < 4.78 is 14.7. The van der Waals surface area contributed by atoms with Crippen LogP contribution < -0.4 is 5.32 Å². The Labute approximate surface area is 152 Å². The van der Waals surface area contributed by atoms with Gasteiger partial charge in [-0.1, -0.05) is 0 Å². The average molecular weight is 389 g/mol. The first-order valence-corrected chi connectivity index (χ1v) is 8.85. The van der Waals surface area contributed by atoms with E-state index >= 15 is 0 Å². The maximum absolute atomic E-state index is 13.1. The van der Waals surface area contributed by atoms with Crippen LogP contribution in [0.2, 0.25) is 0 Å². The van der Waals surface area contributed by atoms with Crippen molar-refractivity contribution in [1.29, 1.82) is 0 Å². The fraction of sp³-hybridized carbons (Fsp3) is 0. The highest BCUT2D eigenvalue weighted by molar-refractivity contribution is 7.18. The minimum Gasteiger partial charge on any atom is -0.296 e. The Balaban J connectivity index is 1.62. The predicted octanol–water partition coefficient (Wildman–Crippen LogP) is 3.82. The lowest BCUT2D eigenvalue weighted by atomic mass is 10.2. The van der Waals surface area contributed by atoms with Crippen molar-refractivity contribution in [1.82, 2.24) is 14.4 Å². The minimum atomic E-state index is -0.568. The molecular weight excluding hydrogens is 381 g/mol. The summed E-state index contributed by atoms with van der Waals surface area (Å²) in [6.07, 6.45) is 2.77. The number of hydrogen-bond acceptors (Lipinski definition) is 7. The normalized spacial score (nSPS) is 11.0. The Morgan fingerprint density at radius 1 is 1.31 bits per heavy atom. The maximum atomic E-state index is 13.1. The van der Waals surface area contributed by atoms with E-state index in [1.54, 1.807) is 28.1 Å². The minimum absolute atomic E-state index is 0.139. The molecule has 0 saturated carbocycles. The fourth-order valence-electron chi connectivity index (χ4n) is 2.28. The van der Waals surface area contributed by atoms with Crippen LogP contribution in [0.3, 0.4) is 0 Å². The number of nitro groups is 1. The lowest BCUT2D eigenvalue weighted by molar-refractivity contribution is -0.380. The zero-order valence-electron chi connectivity index (χ0n) is 12.7. The molecule has 0 aliphatic carbocycles. The van der Waals surface area contributed by atoms with Gasteiger partial charge in [-0.15, -0.1) is 11.3 Å². The number of carbonyl (C=O) groups excluding carboxylic acids is 1. The summed E-state index contributed by atoms with van der Waals surface area (Å²) in [5, 5.41) is 14.8. The van der Waals surface area contributed by atoms with E-state index in [1.165, 1.54) is 23.5 Å². The van der Waals surface area contributed by atoms with E-state index in [2.05, 4.69) is 15.3 Å². The summed E-state index contributed by atoms with van der Waals surface area (Å²) in [6, 6.07) is 5.89. The lowest BCUT2D eigenvalue weighted by Gasteiger charge is -1.99. The van der Waals surface area contributed by atoms with Crippen molar-refractivity contribution in [3.05, 3.63) is 63.7 Å². The Hall–Kier alpha value is -3.18. The van der Waals surface area contributed by atoms with Crippen LogP contribution in [0.5, 0.6) is 0 Å². The van der Waals surface area contributed by atoms with Gasteiger partial charge < -0.3 is 0 Å². The molecule has 0 saturated heterocycles. The average Bonchev–Trinajstić information content (AvgIpc) is 3.30. The molecule has 0 aliphatic rings. The summed E-state index contributed by atoms with van der Waals surface area (Å²) >= 11 is 2.05. The second-order valence-electron chi connectivity index (χ2n) is 5.12. The van der Waals surface area contributed by atoms with Gasteiger partial charge in [0.1, 0.15) is 17.7 Å². The lowest BCUT2D eigenvalue weighted by Crippen LogP contribution is -2.13. The standard InChI is InChI=1S/C15H8FN5O3S2/c16-9-3-1-8(2-4-9)10-6-20-11(7-25-15(20)18-10)13(22)19-14-17-5-12(26-14)21(23)24/h1-7H,(H,17,19,22). The second-order valence-corrected chi connectivity index (χ2v) is 6.97. The number of carbonyl (C=O) groups is 1. The Bertz CT molecular complexity index is 1130. The number of fused-ring (bicyclic) bond motifs is 1. The number of imidazole rings is 1. The summed E-state index contributed by atoms with van der Waals surface area (Å²) in [5.41, 5.74) is 1.66. The number of amides is 1. The maximum Gasteiger partial charge on any atom is 0.345 e. The number of anilines is 1. The van der Waals surface area contributed by atoms with Crippen molar-refractivity contribution < 1.29 is 14.1 Å². The number of halogens is 1. The highest BCUT2D eigenvalue weighted by Crippen LogP contribution is 2.27. The summed E-state index contributed by atoms with van der Waals surface area (Å²) in [7, 11) is 0. The Kier molecular flexibility index (Phi) is 3.93. The number of nitrogens with one attached hydrogen (secondary N) is 1. The van der Waals surface area contributed by atoms with Crippen LogP contribution in [0.4, 0.5) is 14.5 Å². The first-order chi connectivity index (χ1) is 12.5. The van der Waals surface area contributed by atoms with E-state index in [0.717, 1.165) is 23.1 Å². The highest BCUT2D eigenvalue weighted by Gasteiger charge is 2.18. The van der Waals surface area contributed by atoms with E-state index < -0.39 is 10.8 Å². The first kappa shape index (κ1) is 16.3. The van der Waals surface area contributed by atoms with Gasteiger partial charge >= 0.3 is 5.00 Å². The Morgan fingerprint density at radius 2 is 2.08 bits per heavy atom. The van der Waals surface area contributed by atoms with Gasteiger partial charge in [0.15, 0.2) is 10.1 Å². The SMILES string of the molecule is O=C(Nc1ncc([N+](=O)[O-])s1)c1csc2nc(-c3ccc(F)cc3)cn12. The van der Waals surface area contributed by atoms with Gasteiger partial charge in [-0.25, -0.2) is 14.4 Å². The smallest absolute Gasteiger partial charge is 0.296 e. The quantitative estimate of drug-likeness (QED) is 0.422. The molecule has 4 rings (SSSR count). The van der Waals surface area contributed by atoms with E-state index in [0.29, 0.717) is 16.3 Å². The molecule has 0 spiro atoms. The molecule has 0 radical (unpaired) electrons. The molecule has 1 N–H and O–H groups in total. The van der Waals surface area contributed by atoms with Crippen LogP contribution in [0, 0.1) is 15.9 Å².